The third-order valence-electron chi connectivity index (χ3n) is 2.33. The fraction of sp³-hybridized carbons (Fsp3) is 0.154. The monoisotopic (exact) mass is 248 g/mol. The lowest BCUT2D eigenvalue weighted by molar-refractivity contribution is 0.413. The van der Waals surface area contributed by atoms with E-state index in [2.05, 4.69) is 10.3 Å². The van der Waals surface area contributed by atoms with Gasteiger partial charge in [-0.15, -0.1) is 11.6 Å². The minimum Gasteiger partial charge on any atom is -0.495 e. The van der Waals surface area contributed by atoms with Crippen molar-refractivity contribution in [3.63, 3.8) is 0 Å². The van der Waals surface area contributed by atoms with Crippen LogP contribution in [-0.2, 0) is 5.88 Å². The van der Waals surface area contributed by atoms with Crippen LogP contribution in [0, 0.1) is 0 Å². The maximum Gasteiger partial charge on any atom is 0.137 e. The first-order valence-electron chi connectivity index (χ1n) is 5.24. The molecule has 0 saturated carbocycles. The Morgan fingerprint density at radius 3 is 2.82 bits per heavy atom. The quantitative estimate of drug-likeness (QED) is 0.840. The molecule has 0 bridgehead atoms. The van der Waals surface area contributed by atoms with E-state index in [9.17, 15) is 0 Å². The van der Waals surface area contributed by atoms with Crippen LogP contribution >= 0.6 is 11.6 Å². The number of rotatable bonds is 4. The number of nitrogens with one attached hydrogen (secondary N) is 1. The second-order valence-electron chi connectivity index (χ2n) is 3.54. The lowest BCUT2D eigenvalue weighted by Crippen LogP contribution is -1.94. The zero-order valence-corrected chi connectivity index (χ0v) is 10.2. The highest BCUT2D eigenvalue weighted by Gasteiger charge is 1.98. The summed E-state index contributed by atoms with van der Waals surface area (Å²) in [6.07, 6.45) is 1.67. The highest BCUT2D eigenvalue weighted by atomic mass is 35.5. The van der Waals surface area contributed by atoms with Crippen LogP contribution in [0.1, 0.15) is 5.56 Å². The molecular weight excluding hydrogens is 236 g/mol. The molecule has 2 aromatic rings. The van der Waals surface area contributed by atoms with Gasteiger partial charge in [-0.2, -0.15) is 0 Å². The van der Waals surface area contributed by atoms with Gasteiger partial charge in [-0.05, 0) is 29.8 Å². The average Bonchev–Trinajstić information content (AvgIpc) is 2.40. The van der Waals surface area contributed by atoms with Gasteiger partial charge >= 0.3 is 0 Å². The van der Waals surface area contributed by atoms with Gasteiger partial charge in [-0.3, -0.25) is 0 Å². The van der Waals surface area contributed by atoms with Crippen LogP contribution in [0.15, 0.2) is 42.6 Å². The zero-order chi connectivity index (χ0) is 12.1. The summed E-state index contributed by atoms with van der Waals surface area (Å²) in [5, 5.41) is 3.20. The van der Waals surface area contributed by atoms with E-state index in [1.807, 2.05) is 36.4 Å². The van der Waals surface area contributed by atoms with E-state index < -0.39 is 0 Å². The van der Waals surface area contributed by atoms with E-state index in [1.165, 1.54) is 0 Å². The Labute approximate surface area is 105 Å². The standard InChI is InChI=1S/C13H13ClN2O/c1-17-12-5-6-13(15-9-12)16-11-4-2-3-10(7-11)8-14/h2-7,9H,8H2,1H3,(H,15,16). The van der Waals surface area contributed by atoms with Gasteiger partial charge < -0.3 is 10.1 Å². The summed E-state index contributed by atoms with van der Waals surface area (Å²) in [5.41, 5.74) is 2.05. The van der Waals surface area contributed by atoms with Crippen molar-refractivity contribution in [2.24, 2.45) is 0 Å². The molecule has 1 aromatic heterocycles. The van der Waals surface area contributed by atoms with Gasteiger partial charge in [0.1, 0.15) is 11.6 Å². The summed E-state index contributed by atoms with van der Waals surface area (Å²) < 4.78 is 5.05. The summed E-state index contributed by atoms with van der Waals surface area (Å²) >= 11 is 5.78. The van der Waals surface area contributed by atoms with Gasteiger partial charge in [0.15, 0.2) is 0 Å². The van der Waals surface area contributed by atoms with E-state index in [0.717, 1.165) is 22.8 Å². The Morgan fingerprint density at radius 2 is 2.18 bits per heavy atom. The molecule has 3 nitrogen and oxygen atoms in total. The number of hydrogen-bond acceptors (Lipinski definition) is 3. The predicted octanol–water partition coefficient (Wildman–Crippen LogP) is 3.57. The summed E-state index contributed by atoms with van der Waals surface area (Å²) in [4.78, 5) is 4.23. The van der Waals surface area contributed by atoms with Gasteiger partial charge in [0.25, 0.3) is 0 Å². The van der Waals surface area contributed by atoms with Gasteiger partial charge in [0.2, 0.25) is 0 Å². The smallest absolute Gasteiger partial charge is 0.137 e. The molecule has 1 aromatic carbocycles. The Morgan fingerprint density at radius 1 is 1.29 bits per heavy atom. The van der Waals surface area contributed by atoms with E-state index >= 15 is 0 Å². The first kappa shape index (κ1) is 11.7. The normalized spacial score (nSPS) is 10.0. The van der Waals surface area contributed by atoms with E-state index in [4.69, 9.17) is 16.3 Å². The molecule has 0 saturated heterocycles. The molecule has 0 amide bonds. The maximum atomic E-state index is 5.78. The highest BCUT2D eigenvalue weighted by Crippen LogP contribution is 2.18. The number of alkyl halides is 1. The molecule has 0 aliphatic rings. The van der Waals surface area contributed by atoms with Crippen LogP contribution in [0.2, 0.25) is 0 Å². The van der Waals surface area contributed by atoms with Gasteiger partial charge in [0.05, 0.1) is 13.3 Å². The molecule has 1 heterocycles. The fourth-order valence-corrected chi connectivity index (χ4v) is 1.62. The Kier molecular flexibility index (Phi) is 3.83. The van der Waals surface area contributed by atoms with Crippen molar-refractivity contribution in [3.05, 3.63) is 48.2 Å². The number of nitrogens with zero attached hydrogens (tertiary/aromatic N) is 1. The van der Waals surface area contributed by atoms with E-state index in [-0.39, 0.29) is 0 Å². The van der Waals surface area contributed by atoms with Crippen molar-refractivity contribution in [3.8, 4) is 5.75 Å². The van der Waals surface area contributed by atoms with E-state index in [0.29, 0.717) is 5.88 Å². The van der Waals surface area contributed by atoms with Crippen molar-refractivity contribution in [1.82, 2.24) is 4.98 Å². The molecule has 2 rings (SSSR count). The number of hydrogen-bond donors (Lipinski definition) is 1. The first-order chi connectivity index (χ1) is 8.31. The largest absolute Gasteiger partial charge is 0.495 e. The topological polar surface area (TPSA) is 34.1 Å². The molecule has 4 heteroatoms. The van der Waals surface area contributed by atoms with Crippen LogP contribution in [0.25, 0.3) is 0 Å². The molecule has 0 atom stereocenters. The first-order valence-corrected chi connectivity index (χ1v) is 5.77. The van der Waals surface area contributed by atoms with E-state index in [1.54, 1.807) is 13.3 Å². The lowest BCUT2D eigenvalue weighted by atomic mass is 10.2. The number of ether oxygens (including phenoxy) is 1. The molecule has 17 heavy (non-hydrogen) atoms. The minimum absolute atomic E-state index is 0.506. The van der Waals surface area contributed by atoms with Crippen molar-refractivity contribution in [1.29, 1.82) is 0 Å². The van der Waals surface area contributed by atoms with Crippen molar-refractivity contribution in [2.45, 2.75) is 5.88 Å². The third-order valence-corrected chi connectivity index (χ3v) is 2.63. The maximum absolute atomic E-state index is 5.78. The SMILES string of the molecule is COc1ccc(Nc2cccc(CCl)c2)nc1. The van der Waals surface area contributed by atoms with Crippen LogP contribution in [0.5, 0.6) is 5.75 Å². The number of anilines is 2. The van der Waals surface area contributed by atoms with Crippen LogP contribution < -0.4 is 10.1 Å². The molecule has 1 N–H and O–H groups in total. The third kappa shape index (κ3) is 3.11. The Balaban J connectivity index is 2.13. The van der Waals surface area contributed by atoms with Crippen LogP contribution in [0.3, 0.4) is 0 Å². The molecule has 0 spiro atoms. The molecule has 0 aliphatic carbocycles. The Hall–Kier alpha value is -1.74. The van der Waals surface area contributed by atoms with Crippen LogP contribution in [-0.4, -0.2) is 12.1 Å². The summed E-state index contributed by atoms with van der Waals surface area (Å²) in [7, 11) is 1.62. The summed E-state index contributed by atoms with van der Waals surface area (Å²) in [6.45, 7) is 0. The predicted molar refractivity (Wildman–Crippen MR) is 70.1 cm³/mol. The molecule has 0 unspecified atom stereocenters. The number of aromatic nitrogens is 1. The lowest BCUT2D eigenvalue weighted by Gasteiger charge is -2.07. The fourth-order valence-electron chi connectivity index (χ4n) is 1.46. The number of halogens is 1. The zero-order valence-electron chi connectivity index (χ0n) is 9.48. The van der Waals surface area contributed by atoms with Gasteiger partial charge in [-0.25, -0.2) is 4.98 Å². The summed E-state index contributed by atoms with van der Waals surface area (Å²) in [5.74, 6) is 2.02. The molecular formula is C13H13ClN2O. The van der Waals surface area contributed by atoms with Crippen molar-refractivity contribution >= 4 is 23.1 Å². The molecule has 0 aliphatic heterocycles. The minimum atomic E-state index is 0.506. The van der Waals surface area contributed by atoms with Crippen molar-refractivity contribution in [2.75, 3.05) is 12.4 Å². The molecule has 0 radical (unpaired) electrons. The number of methoxy groups -OCH3 is 1. The van der Waals surface area contributed by atoms with Gasteiger partial charge in [0, 0.05) is 11.6 Å². The molecule has 88 valence electrons. The van der Waals surface area contributed by atoms with Crippen LogP contribution in [0.4, 0.5) is 11.5 Å². The van der Waals surface area contributed by atoms with Crippen molar-refractivity contribution < 1.29 is 4.74 Å². The summed E-state index contributed by atoms with van der Waals surface area (Å²) in [6, 6.07) is 11.6. The number of benzene rings is 1. The highest BCUT2D eigenvalue weighted by molar-refractivity contribution is 6.17. The second kappa shape index (κ2) is 5.55. The Bertz CT molecular complexity index is 485. The van der Waals surface area contributed by atoms with Gasteiger partial charge in [-0.1, -0.05) is 12.1 Å². The second-order valence-corrected chi connectivity index (χ2v) is 3.81. The molecule has 0 fully saturated rings. The number of pyridine rings is 1. The average molecular weight is 249 g/mol.